The van der Waals surface area contributed by atoms with E-state index < -0.39 is 41.6 Å². The van der Waals surface area contributed by atoms with Gasteiger partial charge >= 0.3 is 5.97 Å². The van der Waals surface area contributed by atoms with Gasteiger partial charge in [-0.2, -0.15) is 5.10 Å². The number of hydrogen-bond donors (Lipinski definition) is 3. The first-order valence-corrected chi connectivity index (χ1v) is 7.00. The monoisotopic (exact) mass is 366 g/mol. The third kappa shape index (κ3) is 2.90. The van der Waals surface area contributed by atoms with Gasteiger partial charge in [0.2, 0.25) is 0 Å². The van der Waals surface area contributed by atoms with Gasteiger partial charge in [0.05, 0.1) is 5.69 Å². The number of aliphatic carboxylic acids is 1. The number of amides is 1. The third-order valence-corrected chi connectivity index (χ3v) is 3.44. The Balaban J connectivity index is 2.17. The van der Waals surface area contributed by atoms with E-state index in [4.69, 9.17) is 5.11 Å². The van der Waals surface area contributed by atoms with E-state index in [9.17, 15) is 27.9 Å². The molecule has 134 valence electrons. The van der Waals surface area contributed by atoms with Crippen LogP contribution in [0.4, 0.5) is 13.2 Å². The van der Waals surface area contributed by atoms with Crippen LogP contribution in [0.3, 0.4) is 0 Å². The first-order valence-electron chi connectivity index (χ1n) is 7.00. The van der Waals surface area contributed by atoms with Crippen molar-refractivity contribution in [3.63, 3.8) is 0 Å². The molecule has 0 atom stereocenters. The van der Waals surface area contributed by atoms with Gasteiger partial charge in [0.25, 0.3) is 5.91 Å². The summed E-state index contributed by atoms with van der Waals surface area (Å²) in [5.41, 5.74) is -0.795. The van der Waals surface area contributed by atoms with E-state index in [0.29, 0.717) is 12.1 Å². The van der Waals surface area contributed by atoms with Crippen molar-refractivity contribution in [2.75, 3.05) is 6.54 Å². The lowest BCUT2D eigenvalue weighted by molar-refractivity contribution is -0.135. The molecule has 0 aliphatic rings. The summed E-state index contributed by atoms with van der Waals surface area (Å²) in [7, 11) is 0. The second kappa shape index (κ2) is 6.35. The minimum absolute atomic E-state index is 0.0671. The summed E-state index contributed by atoms with van der Waals surface area (Å²) in [4.78, 5) is 26.4. The normalized spacial score (nSPS) is 10.9. The zero-order valence-corrected chi connectivity index (χ0v) is 12.7. The molecule has 0 saturated heterocycles. The summed E-state index contributed by atoms with van der Waals surface area (Å²) in [6.07, 6.45) is 1.02. The molecule has 3 N–H and O–H groups in total. The molecule has 0 saturated carbocycles. The van der Waals surface area contributed by atoms with E-state index in [-0.39, 0.29) is 22.5 Å². The number of nitrogens with one attached hydrogen (secondary N) is 1. The molecular weight excluding hydrogens is 357 g/mol. The highest BCUT2D eigenvalue weighted by molar-refractivity contribution is 6.03. The van der Waals surface area contributed by atoms with Gasteiger partial charge in [-0.15, -0.1) is 0 Å². The molecule has 26 heavy (non-hydrogen) atoms. The first-order chi connectivity index (χ1) is 12.3. The molecule has 0 spiro atoms. The Bertz CT molecular complexity index is 1030. The molecule has 2 heterocycles. The Kier molecular flexibility index (Phi) is 4.20. The molecule has 11 heteroatoms. The average Bonchev–Trinajstić information content (AvgIpc) is 3.05. The van der Waals surface area contributed by atoms with Crippen LogP contribution in [0.5, 0.6) is 5.75 Å². The molecule has 1 aromatic carbocycles. The van der Waals surface area contributed by atoms with Gasteiger partial charge in [-0.05, 0) is 12.1 Å². The van der Waals surface area contributed by atoms with Crippen molar-refractivity contribution >= 4 is 17.5 Å². The highest BCUT2D eigenvalue weighted by Crippen LogP contribution is 2.30. The van der Waals surface area contributed by atoms with Gasteiger partial charge in [-0.3, -0.25) is 9.59 Å². The summed E-state index contributed by atoms with van der Waals surface area (Å²) in [5, 5.41) is 24.6. The zero-order chi connectivity index (χ0) is 19.0. The lowest BCUT2D eigenvalue weighted by Crippen LogP contribution is -2.29. The number of carbonyl (C=O) groups excluding carboxylic acids is 1. The van der Waals surface area contributed by atoms with Crippen LogP contribution in [-0.4, -0.2) is 43.2 Å². The molecule has 0 radical (unpaired) electrons. The SMILES string of the molecule is O=C(O)CNC(=O)c1c(O)cc(-c2cc(F)c(F)c(F)c2)n2ncnc12. The lowest BCUT2D eigenvalue weighted by Gasteiger charge is -2.11. The number of aromatic nitrogens is 3. The van der Waals surface area contributed by atoms with Gasteiger partial charge < -0.3 is 15.5 Å². The molecule has 0 bridgehead atoms. The summed E-state index contributed by atoms with van der Waals surface area (Å²) >= 11 is 0. The van der Waals surface area contributed by atoms with Crippen LogP contribution in [-0.2, 0) is 4.79 Å². The van der Waals surface area contributed by atoms with Crippen molar-refractivity contribution in [3.8, 4) is 17.0 Å². The van der Waals surface area contributed by atoms with Crippen LogP contribution in [0.1, 0.15) is 10.4 Å². The maximum Gasteiger partial charge on any atom is 0.322 e. The fraction of sp³-hybridized carbons (Fsp3) is 0.0667. The number of carbonyl (C=O) groups is 2. The van der Waals surface area contributed by atoms with Crippen LogP contribution in [0.25, 0.3) is 16.9 Å². The number of fused-ring (bicyclic) bond motifs is 1. The van der Waals surface area contributed by atoms with Gasteiger partial charge in [-0.1, -0.05) is 0 Å². The number of carboxylic acids is 1. The Morgan fingerprint density at radius 3 is 2.42 bits per heavy atom. The van der Waals surface area contributed by atoms with Crippen LogP contribution in [0, 0.1) is 17.5 Å². The standard InChI is InChI=1S/C15H9F3N4O4/c16-7-1-6(2-8(17)13(7)18)9-3-10(23)12(14-20-5-21-22(9)14)15(26)19-4-11(24)25/h1-3,5,23H,4H2,(H,19,26)(H,24,25). The average molecular weight is 366 g/mol. The van der Waals surface area contributed by atoms with E-state index in [1.54, 1.807) is 0 Å². The zero-order valence-electron chi connectivity index (χ0n) is 12.7. The summed E-state index contributed by atoms with van der Waals surface area (Å²) in [6, 6.07) is 2.36. The highest BCUT2D eigenvalue weighted by atomic mass is 19.2. The Morgan fingerprint density at radius 1 is 1.15 bits per heavy atom. The summed E-state index contributed by atoms with van der Waals surface area (Å²) < 4.78 is 41.1. The van der Waals surface area contributed by atoms with Crippen LogP contribution in [0.15, 0.2) is 24.5 Å². The molecule has 3 rings (SSSR count). The molecule has 0 unspecified atom stereocenters. The smallest absolute Gasteiger partial charge is 0.322 e. The topological polar surface area (TPSA) is 117 Å². The summed E-state index contributed by atoms with van der Waals surface area (Å²) in [6.45, 7) is -0.700. The molecule has 1 amide bonds. The summed E-state index contributed by atoms with van der Waals surface area (Å²) in [5.74, 6) is -7.42. The minimum atomic E-state index is -1.66. The number of benzene rings is 1. The van der Waals surface area contributed by atoms with Gasteiger partial charge in [0.1, 0.15) is 24.2 Å². The van der Waals surface area contributed by atoms with E-state index in [1.165, 1.54) is 0 Å². The minimum Gasteiger partial charge on any atom is -0.507 e. The third-order valence-electron chi connectivity index (χ3n) is 3.44. The van der Waals surface area contributed by atoms with Crippen LogP contribution < -0.4 is 5.32 Å². The number of halogens is 3. The van der Waals surface area contributed by atoms with Crippen molar-refractivity contribution in [2.24, 2.45) is 0 Å². The fourth-order valence-corrected chi connectivity index (χ4v) is 2.34. The second-order valence-electron chi connectivity index (χ2n) is 5.12. The lowest BCUT2D eigenvalue weighted by atomic mass is 10.1. The molecule has 0 fully saturated rings. The predicted molar refractivity (Wildman–Crippen MR) is 79.9 cm³/mol. The fourth-order valence-electron chi connectivity index (χ4n) is 2.34. The Morgan fingerprint density at radius 2 is 1.81 bits per heavy atom. The molecule has 0 aliphatic heterocycles. The van der Waals surface area contributed by atoms with Crippen molar-refractivity contribution in [1.29, 1.82) is 0 Å². The van der Waals surface area contributed by atoms with Gasteiger partial charge in [0.15, 0.2) is 23.1 Å². The van der Waals surface area contributed by atoms with Crippen molar-refractivity contribution in [1.82, 2.24) is 19.9 Å². The highest BCUT2D eigenvalue weighted by Gasteiger charge is 2.22. The van der Waals surface area contributed by atoms with E-state index in [0.717, 1.165) is 16.9 Å². The van der Waals surface area contributed by atoms with Crippen molar-refractivity contribution < 1.29 is 33.0 Å². The molecule has 0 aliphatic carbocycles. The number of hydrogen-bond acceptors (Lipinski definition) is 5. The van der Waals surface area contributed by atoms with Crippen molar-refractivity contribution in [3.05, 3.63) is 47.5 Å². The van der Waals surface area contributed by atoms with Gasteiger partial charge in [-0.25, -0.2) is 22.7 Å². The Labute approximate surface area is 142 Å². The molecule has 8 nitrogen and oxygen atoms in total. The number of rotatable bonds is 4. The van der Waals surface area contributed by atoms with Crippen LogP contribution >= 0.6 is 0 Å². The van der Waals surface area contributed by atoms with Crippen molar-refractivity contribution in [2.45, 2.75) is 0 Å². The Hall–Kier alpha value is -3.63. The number of pyridine rings is 1. The maximum atomic E-state index is 13.5. The van der Waals surface area contributed by atoms with Crippen LogP contribution in [0.2, 0.25) is 0 Å². The maximum absolute atomic E-state index is 13.5. The number of aromatic hydroxyl groups is 1. The quantitative estimate of drug-likeness (QED) is 0.600. The second-order valence-corrected chi connectivity index (χ2v) is 5.12. The molecule has 2 aromatic heterocycles. The largest absolute Gasteiger partial charge is 0.507 e. The first kappa shape index (κ1) is 17.2. The van der Waals surface area contributed by atoms with E-state index in [2.05, 4.69) is 15.4 Å². The molecular formula is C15H9F3N4O4. The van der Waals surface area contributed by atoms with E-state index in [1.807, 2.05) is 0 Å². The van der Waals surface area contributed by atoms with E-state index >= 15 is 0 Å². The van der Waals surface area contributed by atoms with Gasteiger partial charge in [0, 0.05) is 11.6 Å². The number of nitrogens with zero attached hydrogens (tertiary/aromatic N) is 3. The predicted octanol–water partition coefficient (Wildman–Crippen LogP) is 1.33. The number of carboxylic acid groups (broad SMARTS) is 1. The molecule has 3 aromatic rings.